The second-order valence-corrected chi connectivity index (χ2v) is 9.74. The molecule has 1 aromatic heterocycles. The van der Waals surface area contributed by atoms with Crippen LogP contribution in [0.3, 0.4) is 0 Å². The Hall–Kier alpha value is -1.30. The van der Waals surface area contributed by atoms with Gasteiger partial charge in [0, 0.05) is 24.4 Å². The molecule has 5 nitrogen and oxygen atoms in total. The van der Waals surface area contributed by atoms with E-state index in [1.807, 2.05) is 0 Å². The zero-order valence-electron chi connectivity index (χ0n) is 13.7. The van der Waals surface area contributed by atoms with Crippen LogP contribution in [-0.4, -0.2) is 22.8 Å². The zero-order chi connectivity index (χ0) is 18.1. The molecule has 136 valence electrons. The van der Waals surface area contributed by atoms with Crippen LogP contribution in [0.2, 0.25) is 0 Å². The van der Waals surface area contributed by atoms with Gasteiger partial charge in [-0.15, -0.1) is 0 Å². The fourth-order valence-corrected chi connectivity index (χ4v) is 5.16. The van der Waals surface area contributed by atoms with E-state index in [9.17, 15) is 13.3 Å². The minimum atomic E-state index is -3.69. The fourth-order valence-electron chi connectivity index (χ4n) is 3.05. The van der Waals surface area contributed by atoms with Crippen molar-refractivity contribution in [2.24, 2.45) is 0 Å². The molecule has 0 bridgehead atoms. The predicted molar refractivity (Wildman–Crippen MR) is 92.1 cm³/mol. The summed E-state index contributed by atoms with van der Waals surface area (Å²) in [6.07, 6.45) is 4.94. The number of alkyl halides is 3. The zero-order valence-corrected chi connectivity index (χ0v) is 15.4. The number of aromatic nitrogens is 2. The molecule has 3 rings (SSSR count). The summed E-state index contributed by atoms with van der Waals surface area (Å²) < 4.78 is 43.1. The minimum absolute atomic E-state index is 0.0330. The molecule has 0 spiro atoms. The molecule has 2 aromatic rings. The number of nitrogens with zero attached hydrogens (tertiary/aromatic N) is 2. The lowest BCUT2D eigenvalue weighted by Crippen LogP contribution is -2.23. The van der Waals surface area contributed by atoms with E-state index in [-0.39, 0.29) is 5.82 Å². The van der Waals surface area contributed by atoms with Crippen LogP contribution < -0.4 is 5.09 Å². The maximum atomic E-state index is 12.9. The SMILES string of the molecule is CP(=O)(Cc1ccc(-c2noc(C(F)(F)Cl)n2)cc1)NC1CCCC1. The molecule has 1 saturated carbocycles. The Morgan fingerprint density at radius 3 is 2.52 bits per heavy atom. The van der Waals surface area contributed by atoms with Gasteiger partial charge in [-0.3, -0.25) is 5.09 Å². The molecule has 1 unspecified atom stereocenters. The Balaban J connectivity index is 1.67. The first kappa shape index (κ1) is 18.5. The molecule has 0 radical (unpaired) electrons. The Morgan fingerprint density at radius 1 is 1.32 bits per heavy atom. The van der Waals surface area contributed by atoms with Crippen LogP contribution in [-0.2, 0) is 16.1 Å². The second kappa shape index (κ2) is 7.14. The van der Waals surface area contributed by atoms with Crippen LogP contribution in [0.5, 0.6) is 0 Å². The van der Waals surface area contributed by atoms with Crippen LogP contribution >= 0.6 is 18.9 Å². The lowest BCUT2D eigenvalue weighted by molar-refractivity contribution is 0.0551. The molecule has 1 aliphatic rings. The number of benzene rings is 1. The largest absolute Gasteiger partial charge is 0.400 e. The molecule has 1 atom stereocenters. The smallest absolute Gasteiger partial charge is 0.331 e. The molecule has 0 amide bonds. The van der Waals surface area contributed by atoms with Crippen molar-refractivity contribution in [1.82, 2.24) is 15.2 Å². The van der Waals surface area contributed by atoms with E-state index in [0.717, 1.165) is 18.4 Å². The van der Waals surface area contributed by atoms with E-state index in [1.165, 1.54) is 12.8 Å². The highest BCUT2D eigenvalue weighted by Gasteiger charge is 2.35. The summed E-state index contributed by atoms with van der Waals surface area (Å²) in [6.45, 7) is 1.76. The monoisotopic (exact) mass is 389 g/mol. The first-order valence-corrected chi connectivity index (χ1v) is 10.8. The van der Waals surface area contributed by atoms with E-state index in [2.05, 4.69) is 19.8 Å². The normalized spacial score (nSPS) is 18.4. The predicted octanol–water partition coefficient (Wildman–Crippen LogP) is 4.96. The molecular formula is C16H19ClF2N3O2P. The van der Waals surface area contributed by atoms with Crippen LogP contribution in [0.15, 0.2) is 28.8 Å². The minimum Gasteiger partial charge on any atom is -0.331 e. The molecule has 1 heterocycles. The van der Waals surface area contributed by atoms with Gasteiger partial charge in [0.1, 0.15) is 7.29 Å². The van der Waals surface area contributed by atoms with Gasteiger partial charge in [-0.25, -0.2) is 0 Å². The third-order valence-electron chi connectivity index (χ3n) is 4.18. The standard InChI is InChI=1S/C16H19ClF2N3O2P/c1-25(23,22-13-4-2-3-5-13)10-11-6-8-12(9-7-11)14-20-15(24-21-14)16(17,18)19/h6-9,13H,2-5,10H2,1H3,(H,22,23). The van der Waals surface area contributed by atoms with Crippen molar-refractivity contribution in [1.29, 1.82) is 0 Å². The number of nitrogens with one attached hydrogen (secondary N) is 1. The molecular weight excluding hydrogens is 371 g/mol. The third-order valence-corrected chi connectivity index (χ3v) is 6.22. The van der Waals surface area contributed by atoms with Gasteiger partial charge in [0.05, 0.1) is 0 Å². The van der Waals surface area contributed by atoms with Gasteiger partial charge in [0.25, 0.3) is 0 Å². The Labute approximate surface area is 149 Å². The molecule has 1 fully saturated rings. The van der Waals surface area contributed by atoms with Gasteiger partial charge in [-0.1, -0.05) is 42.3 Å². The summed E-state index contributed by atoms with van der Waals surface area (Å²) in [5.41, 5.74) is 1.42. The van der Waals surface area contributed by atoms with Gasteiger partial charge < -0.3 is 9.09 Å². The highest BCUT2D eigenvalue weighted by molar-refractivity contribution is 7.60. The average Bonchev–Trinajstić information content (AvgIpc) is 3.17. The van der Waals surface area contributed by atoms with Crippen molar-refractivity contribution in [2.45, 2.75) is 43.3 Å². The van der Waals surface area contributed by atoms with Gasteiger partial charge in [0.15, 0.2) is 0 Å². The van der Waals surface area contributed by atoms with Crippen molar-refractivity contribution in [3.05, 3.63) is 35.7 Å². The summed E-state index contributed by atoms with van der Waals surface area (Å²) in [6, 6.07) is 7.29. The van der Waals surface area contributed by atoms with Crippen LogP contribution in [0.1, 0.15) is 37.1 Å². The highest BCUT2D eigenvalue weighted by Crippen LogP contribution is 2.43. The van der Waals surface area contributed by atoms with Gasteiger partial charge in [0.2, 0.25) is 5.82 Å². The Bertz CT molecular complexity index is 770. The number of rotatable bonds is 6. The number of halogens is 3. The molecule has 0 aliphatic heterocycles. The van der Waals surface area contributed by atoms with Crippen molar-refractivity contribution in [3.63, 3.8) is 0 Å². The molecule has 1 N–H and O–H groups in total. The summed E-state index contributed by atoms with van der Waals surface area (Å²) in [5.74, 6) is -0.905. The number of hydrogen-bond acceptors (Lipinski definition) is 4. The van der Waals surface area contributed by atoms with Crippen molar-refractivity contribution in [3.8, 4) is 11.4 Å². The van der Waals surface area contributed by atoms with Gasteiger partial charge >= 0.3 is 11.3 Å². The maximum absolute atomic E-state index is 12.9. The molecule has 0 saturated heterocycles. The summed E-state index contributed by atoms with van der Waals surface area (Å²) >= 11 is 4.86. The summed E-state index contributed by atoms with van der Waals surface area (Å²) in [4.78, 5) is 3.60. The lowest BCUT2D eigenvalue weighted by Gasteiger charge is -2.20. The van der Waals surface area contributed by atoms with Crippen molar-refractivity contribution >= 4 is 18.9 Å². The second-order valence-electron chi connectivity index (χ2n) is 6.49. The Morgan fingerprint density at radius 2 is 1.96 bits per heavy atom. The van der Waals surface area contributed by atoms with Crippen LogP contribution in [0, 0.1) is 0 Å². The van der Waals surface area contributed by atoms with Gasteiger partial charge in [-0.05, 0) is 30.0 Å². The van der Waals surface area contributed by atoms with Crippen molar-refractivity contribution < 1.29 is 17.9 Å². The molecule has 9 heteroatoms. The highest BCUT2D eigenvalue weighted by atomic mass is 35.5. The van der Waals surface area contributed by atoms with E-state index < -0.39 is 18.6 Å². The summed E-state index contributed by atoms with van der Waals surface area (Å²) in [7, 11) is -2.49. The molecule has 1 aromatic carbocycles. The Kier molecular flexibility index (Phi) is 5.28. The maximum Gasteiger partial charge on any atom is 0.400 e. The van der Waals surface area contributed by atoms with E-state index in [4.69, 9.17) is 11.6 Å². The van der Waals surface area contributed by atoms with E-state index in [1.54, 1.807) is 30.9 Å². The van der Waals surface area contributed by atoms with E-state index >= 15 is 0 Å². The van der Waals surface area contributed by atoms with Crippen LogP contribution in [0.25, 0.3) is 11.4 Å². The van der Waals surface area contributed by atoms with Gasteiger partial charge in [-0.2, -0.15) is 13.8 Å². The van der Waals surface area contributed by atoms with E-state index in [0.29, 0.717) is 17.8 Å². The first-order chi connectivity index (χ1) is 11.7. The number of hydrogen-bond donors (Lipinski definition) is 1. The van der Waals surface area contributed by atoms with Crippen molar-refractivity contribution in [2.75, 3.05) is 6.66 Å². The lowest BCUT2D eigenvalue weighted by atomic mass is 10.1. The summed E-state index contributed by atoms with van der Waals surface area (Å²) in [5, 5.41) is 3.11. The third kappa shape index (κ3) is 4.87. The fraction of sp³-hybridized carbons (Fsp3) is 0.500. The first-order valence-electron chi connectivity index (χ1n) is 8.07. The molecule has 1 aliphatic carbocycles. The quantitative estimate of drug-likeness (QED) is 0.558. The molecule has 25 heavy (non-hydrogen) atoms. The topological polar surface area (TPSA) is 68.0 Å². The average molecular weight is 390 g/mol. The van der Waals surface area contributed by atoms with Crippen LogP contribution in [0.4, 0.5) is 8.78 Å².